The standard InChI is InChI=1S/C17H29N3/c1-3-15(2)20-11-9-19(10-12-20)14-17(18)13-16-7-5-4-6-8-16/h4-8,15,17H,3,9-14,18H2,1-2H3. The van der Waals surface area contributed by atoms with E-state index in [4.69, 9.17) is 5.73 Å². The summed E-state index contributed by atoms with van der Waals surface area (Å²) >= 11 is 0. The lowest BCUT2D eigenvalue weighted by atomic mass is 10.1. The highest BCUT2D eigenvalue weighted by Gasteiger charge is 2.21. The molecule has 0 bridgehead atoms. The van der Waals surface area contributed by atoms with Gasteiger partial charge in [0.2, 0.25) is 0 Å². The fourth-order valence-corrected chi connectivity index (χ4v) is 2.96. The largest absolute Gasteiger partial charge is 0.326 e. The van der Waals surface area contributed by atoms with Gasteiger partial charge >= 0.3 is 0 Å². The van der Waals surface area contributed by atoms with Gasteiger partial charge in [0.05, 0.1) is 0 Å². The zero-order valence-electron chi connectivity index (χ0n) is 13.0. The molecule has 1 aromatic rings. The summed E-state index contributed by atoms with van der Waals surface area (Å²) < 4.78 is 0. The Morgan fingerprint density at radius 3 is 2.35 bits per heavy atom. The summed E-state index contributed by atoms with van der Waals surface area (Å²) in [4.78, 5) is 5.12. The molecule has 1 fully saturated rings. The molecule has 0 amide bonds. The molecule has 1 aliphatic heterocycles. The Morgan fingerprint density at radius 1 is 1.10 bits per heavy atom. The normalized spacial score (nSPS) is 20.8. The van der Waals surface area contributed by atoms with Crippen LogP contribution in [0.3, 0.4) is 0 Å². The van der Waals surface area contributed by atoms with E-state index in [1.165, 1.54) is 25.1 Å². The molecule has 1 aliphatic rings. The summed E-state index contributed by atoms with van der Waals surface area (Å²) in [7, 11) is 0. The summed E-state index contributed by atoms with van der Waals surface area (Å²) in [6.45, 7) is 10.3. The molecule has 0 saturated carbocycles. The number of piperazine rings is 1. The van der Waals surface area contributed by atoms with Crippen LogP contribution in [0.25, 0.3) is 0 Å². The van der Waals surface area contributed by atoms with Crippen LogP contribution in [0.15, 0.2) is 30.3 Å². The summed E-state index contributed by atoms with van der Waals surface area (Å²) in [6.07, 6.45) is 2.22. The van der Waals surface area contributed by atoms with E-state index in [9.17, 15) is 0 Å². The van der Waals surface area contributed by atoms with Crippen LogP contribution in [0.5, 0.6) is 0 Å². The van der Waals surface area contributed by atoms with Crippen molar-refractivity contribution in [2.75, 3.05) is 32.7 Å². The summed E-state index contributed by atoms with van der Waals surface area (Å²) in [5, 5.41) is 0. The number of nitrogens with zero attached hydrogens (tertiary/aromatic N) is 2. The van der Waals surface area contributed by atoms with Crippen LogP contribution in [-0.2, 0) is 6.42 Å². The van der Waals surface area contributed by atoms with Gasteiger partial charge in [-0.15, -0.1) is 0 Å². The van der Waals surface area contributed by atoms with Gasteiger partial charge in [0.1, 0.15) is 0 Å². The van der Waals surface area contributed by atoms with E-state index in [0.29, 0.717) is 0 Å². The molecule has 0 aliphatic carbocycles. The fraction of sp³-hybridized carbons (Fsp3) is 0.647. The van der Waals surface area contributed by atoms with Crippen molar-refractivity contribution in [3.05, 3.63) is 35.9 Å². The van der Waals surface area contributed by atoms with Gasteiger partial charge in [-0.25, -0.2) is 0 Å². The third-order valence-corrected chi connectivity index (χ3v) is 4.45. The fourth-order valence-electron chi connectivity index (χ4n) is 2.96. The molecule has 20 heavy (non-hydrogen) atoms. The molecule has 2 atom stereocenters. The van der Waals surface area contributed by atoms with Gasteiger partial charge in [0.25, 0.3) is 0 Å². The molecule has 3 heteroatoms. The second-order valence-corrected chi connectivity index (χ2v) is 6.04. The average Bonchev–Trinajstić information content (AvgIpc) is 2.48. The Morgan fingerprint density at radius 2 is 1.75 bits per heavy atom. The highest BCUT2D eigenvalue weighted by molar-refractivity contribution is 5.15. The molecule has 112 valence electrons. The smallest absolute Gasteiger partial charge is 0.0208 e. The van der Waals surface area contributed by atoms with E-state index in [1.54, 1.807) is 0 Å². The van der Waals surface area contributed by atoms with Gasteiger partial charge in [-0.2, -0.15) is 0 Å². The van der Waals surface area contributed by atoms with Crippen molar-refractivity contribution in [3.63, 3.8) is 0 Å². The van der Waals surface area contributed by atoms with Crippen molar-refractivity contribution in [2.24, 2.45) is 5.73 Å². The van der Waals surface area contributed by atoms with Crippen molar-refractivity contribution in [3.8, 4) is 0 Å². The minimum atomic E-state index is 0.243. The summed E-state index contributed by atoms with van der Waals surface area (Å²) in [5.74, 6) is 0. The molecule has 2 N–H and O–H groups in total. The molecule has 1 aromatic carbocycles. The molecule has 0 spiro atoms. The SMILES string of the molecule is CCC(C)N1CCN(CC(N)Cc2ccccc2)CC1. The Labute approximate surface area is 123 Å². The first-order valence-corrected chi connectivity index (χ1v) is 7.95. The minimum absolute atomic E-state index is 0.243. The van der Waals surface area contributed by atoms with E-state index >= 15 is 0 Å². The van der Waals surface area contributed by atoms with Crippen molar-refractivity contribution in [1.29, 1.82) is 0 Å². The highest BCUT2D eigenvalue weighted by atomic mass is 15.3. The highest BCUT2D eigenvalue weighted by Crippen LogP contribution is 2.10. The van der Waals surface area contributed by atoms with Gasteiger partial charge in [-0.1, -0.05) is 37.3 Å². The molecule has 1 heterocycles. The van der Waals surface area contributed by atoms with Crippen LogP contribution in [-0.4, -0.2) is 54.6 Å². The minimum Gasteiger partial charge on any atom is -0.326 e. The average molecular weight is 275 g/mol. The van der Waals surface area contributed by atoms with Gasteiger partial charge < -0.3 is 5.73 Å². The van der Waals surface area contributed by atoms with E-state index in [0.717, 1.165) is 32.1 Å². The third-order valence-electron chi connectivity index (χ3n) is 4.45. The van der Waals surface area contributed by atoms with Gasteiger partial charge in [0, 0.05) is 44.8 Å². The van der Waals surface area contributed by atoms with Gasteiger partial charge in [-0.3, -0.25) is 9.80 Å². The molecule has 3 nitrogen and oxygen atoms in total. The number of hydrogen-bond donors (Lipinski definition) is 1. The maximum Gasteiger partial charge on any atom is 0.0208 e. The van der Waals surface area contributed by atoms with Crippen molar-refractivity contribution in [1.82, 2.24) is 9.80 Å². The first-order chi connectivity index (χ1) is 9.69. The maximum atomic E-state index is 6.30. The topological polar surface area (TPSA) is 32.5 Å². The lowest BCUT2D eigenvalue weighted by molar-refractivity contribution is 0.0968. The first kappa shape index (κ1) is 15.5. The van der Waals surface area contributed by atoms with Crippen LogP contribution >= 0.6 is 0 Å². The van der Waals surface area contributed by atoms with Crippen molar-refractivity contribution >= 4 is 0 Å². The number of benzene rings is 1. The quantitative estimate of drug-likeness (QED) is 0.861. The van der Waals surface area contributed by atoms with Crippen LogP contribution in [0.2, 0.25) is 0 Å². The van der Waals surface area contributed by atoms with Crippen molar-refractivity contribution < 1.29 is 0 Å². The Hall–Kier alpha value is -0.900. The van der Waals surface area contributed by atoms with E-state index in [1.807, 2.05) is 0 Å². The maximum absolute atomic E-state index is 6.30. The predicted molar refractivity (Wildman–Crippen MR) is 85.9 cm³/mol. The third kappa shape index (κ3) is 4.58. The first-order valence-electron chi connectivity index (χ1n) is 7.95. The molecule has 2 unspecified atom stereocenters. The molecular weight excluding hydrogens is 246 g/mol. The van der Waals surface area contributed by atoms with Crippen LogP contribution < -0.4 is 5.73 Å². The number of hydrogen-bond acceptors (Lipinski definition) is 3. The molecule has 1 saturated heterocycles. The molecule has 0 aromatic heterocycles. The van der Waals surface area contributed by atoms with Crippen LogP contribution in [0.4, 0.5) is 0 Å². The Balaban J connectivity index is 1.72. The predicted octanol–water partition coefficient (Wildman–Crippen LogP) is 1.97. The van der Waals surface area contributed by atoms with E-state index < -0.39 is 0 Å². The van der Waals surface area contributed by atoms with E-state index in [2.05, 4.69) is 54.0 Å². The summed E-state index contributed by atoms with van der Waals surface area (Å²) in [5.41, 5.74) is 7.65. The number of nitrogens with two attached hydrogens (primary N) is 1. The zero-order chi connectivity index (χ0) is 14.4. The van der Waals surface area contributed by atoms with Crippen LogP contribution in [0.1, 0.15) is 25.8 Å². The molecule has 2 rings (SSSR count). The number of rotatable bonds is 6. The van der Waals surface area contributed by atoms with Gasteiger partial charge in [0.15, 0.2) is 0 Å². The van der Waals surface area contributed by atoms with Gasteiger partial charge in [-0.05, 0) is 25.3 Å². The lowest BCUT2D eigenvalue weighted by Crippen LogP contribution is -2.52. The molecule has 0 radical (unpaired) electrons. The monoisotopic (exact) mass is 275 g/mol. The zero-order valence-corrected chi connectivity index (χ0v) is 13.0. The van der Waals surface area contributed by atoms with Crippen LogP contribution in [0, 0.1) is 0 Å². The lowest BCUT2D eigenvalue weighted by Gasteiger charge is -2.38. The Kier molecular flexibility index (Phi) is 6.02. The van der Waals surface area contributed by atoms with E-state index in [-0.39, 0.29) is 6.04 Å². The van der Waals surface area contributed by atoms with Crippen molar-refractivity contribution in [2.45, 2.75) is 38.8 Å². The second kappa shape index (κ2) is 7.77. The molecular formula is C17H29N3. The summed E-state index contributed by atoms with van der Waals surface area (Å²) in [6, 6.07) is 11.5. The Bertz CT molecular complexity index is 371. The second-order valence-electron chi connectivity index (χ2n) is 6.04.